The molecule has 3 aromatic carbocycles. The molecule has 0 saturated carbocycles. The smallest absolute Gasteiger partial charge is 0.343 e. The maximum absolute atomic E-state index is 12.2. The van der Waals surface area contributed by atoms with Crippen LogP contribution in [0.2, 0.25) is 0 Å². The van der Waals surface area contributed by atoms with Gasteiger partial charge in [0, 0.05) is 10.0 Å². The number of esters is 1. The fourth-order valence-corrected chi connectivity index (χ4v) is 2.57. The second-order valence-corrected chi connectivity index (χ2v) is 6.45. The van der Waals surface area contributed by atoms with Crippen LogP contribution in [-0.4, -0.2) is 11.8 Å². The number of rotatable bonds is 5. The van der Waals surface area contributed by atoms with Crippen molar-refractivity contribution in [2.75, 3.05) is 0 Å². The number of ketones is 1. The predicted octanol–water partition coefficient (Wildman–Crippen LogP) is 5.56. The van der Waals surface area contributed by atoms with E-state index >= 15 is 0 Å². The fourth-order valence-electron chi connectivity index (χ4n) is 2.30. The first-order chi connectivity index (χ1) is 12.6. The van der Waals surface area contributed by atoms with Gasteiger partial charge in [0.1, 0.15) is 5.75 Å². The summed E-state index contributed by atoms with van der Waals surface area (Å²) in [7, 11) is 0. The van der Waals surface area contributed by atoms with Crippen LogP contribution in [0.3, 0.4) is 0 Å². The van der Waals surface area contributed by atoms with Crippen LogP contribution in [0, 0.1) is 0 Å². The predicted molar refractivity (Wildman–Crippen MR) is 105 cm³/mol. The molecule has 26 heavy (non-hydrogen) atoms. The molecule has 0 aliphatic carbocycles. The SMILES string of the molecule is O=C(/C=C/c1cccc(OC(=O)c2ccccc2)c1)c1ccc(Br)cc1. The van der Waals surface area contributed by atoms with Crippen molar-refractivity contribution in [2.24, 2.45) is 0 Å². The number of hydrogen-bond donors (Lipinski definition) is 0. The molecule has 3 aromatic rings. The minimum atomic E-state index is -0.419. The van der Waals surface area contributed by atoms with Crippen LogP contribution in [0.15, 0.2) is 89.4 Å². The Labute approximate surface area is 160 Å². The number of ether oxygens (including phenoxy) is 1. The minimum absolute atomic E-state index is 0.0933. The number of carbonyl (C=O) groups is 2. The van der Waals surface area contributed by atoms with E-state index in [4.69, 9.17) is 4.74 Å². The largest absolute Gasteiger partial charge is 0.423 e. The van der Waals surface area contributed by atoms with Gasteiger partial charge < -0.3 is 4.74 Å². The zero-order valence-electron chi connectivity index (χ0n) is 13.8. The maximum Gasteiger partial charge on any atom is 0.343 e. The molecule has 0 radical (unpaired) electrons. The van der Waals surface area contributed by atoms with E-state index in [1.165, 1.54) is 6.08 Å². The van der Waals surface area contributed by atoms with Crippen LogP contribution in [0.4, 0.5) is 0 Å². The number of halogens is 1. The highest BCUT2D eigenvalue weighted by atomic mass is 79.9. The van der Waals surface area contributed by atoms with Gasteiger partial charge in [0.05, 0.1) is 5.56 Å². The lowest BCUT2D eigenvalue weighted by atomic mass is 10.1. The molecule has 0 N–H and O–H groups in total. The van der Waals surface area contributed by atoms with Gasteiger partial charge in [-0.3, -0.25) is 4.79 Å². The number of hydrogen-bond acceptors (Lipinski definition) is 3. The van der Waals surface area contributed by atoms with E-state index in [1.807, 2.05) is 24.3 Å². The first-order valence-corrected chi connectivity index (χ1v) is 8.76. The number of carbonyl (C=O) groups excluding carboxylic acids is 2. The topological polar surface area (TPSA) is 43.4 Å². The van der Waals surface area contributed by atoms with Crippen LogP contribution in [0.5, 0.6) is 5.75 Å². The molecule has 3 nitrogen and oxygen atoms in total. The molecule has 0 fully saturated rings. The highest BCUT2D eigenvalue weighted by molar-refractivity contribution is 9.10. The van der Waals surface area contributed by atoms with Crippen LogP contribution >= 0.6 is 15.9 Å². The summed E-state index contributed by atoms with van der Waals surface area (Å²) < 4.78 is 6.30. The zero-order valence-corrected chi connectivity index (χ0v) is 15.3. The van der Waals surface area contributed by atoms with Gasteiger partial charge in [-0.25, -0.2) is 4.79 Å². The number of allylic oxidation sites excluding steroid dienone is 1. The average molecular weight is 407 g/mol. The van der Waals surface area contributed by atoms with Gasteiger partial charge in [0.2, 0.25) is 0 Å². The lowest BCUT2D eigenvalue weighted by molar-refractivity contribution is 0.0734. The molecule has 3 rings (SSSR count). The molecule has 0 bridgehead atoms. The normalized spacial score (nSPS) is 10.7. The molecule has 0 aliphatic heterocycles. The van der Waals surface area contributed by atoms with Gasteiger partial charge in [0.25, 0.3) is 0 Å². The molecule has 4 heteroatoms. The summed E-state index contributed by atoms with van der Waals surface area (Å²) >= 11 is 3.34. The highest BCUT2D eigenvalue weighted by Crippen LogP contribution is 2.17. The highest BCUT2D eigenvalue weighted by Gasteiger charge is 2.08. The van der Waals surface area contributed by atoms with Crippen molar-refractivity contribution in [1.29, 1.82) is 0 Å². The number of benzene rings is 3. The standard InChI is InChI=1S/C22H15BrO3/c23-19-12-10-17(11-13-19)21(24)14-9-16-5-4-8-20(15-16)26-22(25)18-6-2-1-3-7-18/h1-15H/b14-9+. The summed E-state index contributed by atoms with van der Waals surface area (Å²) in [5.41, 5.74) is 1.86. The van der Waals surface area contributed by atoms with E-state index in [9.17, 15) is 9.59 Å². The molecule has 0 aliphatic rings. The summed E-state index contributed by atoms with van der Waals surface area (Å²) in [4.78, 5) is 24.3. The molecule has 0 saturated heterocycles. The lowest BCUT2D eigenvalue weighted by Gasteiger charge is -2.05. The molecule has 0 heterocycles. The Bertz CT molecular complexity index is 945. The van der Waals surface area contributed by atoms with E-state index in [1.54, 1.807) is 60.7 Å². The maximum atomic E-state index is 12.2. The molecular formula is C22H15BrO3. The molecule has 0 aromatic heterocycles. The second-order valence-electron chi connectivity index (χ2n) is 5.53. The van der Waals surface area contributed by atoms with E-state index in [0.717, 1.165) is 10.0 Å². The quantitative estimate of drug-likeness (QED) is 0.241. The molecule has 128 valence electrons. The fraction of sp³-hybridized carbons (Fsp3) is 0. The third-order valence-electron chi connectivity index (χ3n) is 3.63. The summed E-state index contributed by atoms with van der Waals surface area (Å²) in [6, 6.07) is 23.0. The van der Waals surface area contributed by atoms with E-state index in [2.05, 4.69) is 15.9 Å². The summed E-state index contributed by atoms with van der Waals surface area (Å²) in [6.45, 7) is 0. The van der Waals surface area contributed by atoms with Crippen molar-refractivity contribution in [3.63, 3.8) is 0 Å². The summed E-state index contributed by atoms with van der Waals surface area (Å²) in [5.74, 6) is -0.0843. The third kappa shape index (κ3) is 4.77. The summed E-state index contributed by atoms with van der Waals surface area (Å²) in [5, 5.41) is 0. The van der Waals surface area contributed by atoms with E-state index < -0.39 is 5.97 Å². The zero-order chi connectivity index (χ0) is 18.4. The minimum Gasteiger partial charge on any atom is -0.423 e. The second kappa shape index (κ2) is 8.41. The first kappa shape index (κ1) is 17.8. The third-order valence-corrected chi connectivity index (χ3v) is 4.16. The Morgan fingerprint density at radius 1 is 0.808 bits per heavy atom. The monoisotopic (exact) mass is 406 g/mol. The van der Waals surface area contributed by atoms with Crippen LogP contribution in [0.25, 0.3) is 6.08 Å². The molecule has 0 unspecified atom stereocenters. The molecule has 0 spiro atoms. The lowest BCUT2D eigenvalue weighted by Crippen LogP contribution is -2.08. The van der Waals surface area contributed by atoms with Gasteiger partial charge in [-0.15, -0.1) is 0 Å². The molecular weight excluding hydrogens is 392 g/mol. The molecule has 0 atom stereocenters. The van der Waals surface area contributed by atoms with Crippen LogP contribution in [0.1, 0.15) is 26.3 Å². The van der Waals surface area contributed by atoms with Gasteiger partial charge in [-0.05, 0) is 60.2 Å². The first-order valence-electron chi connectivity index (χ1n) is 7.97. The van der Waals surface area contributed by atoms with Crippen molar-refractivity contribution in [3.8, 4) is 5.75 Å². The van der Waals surface area contributed by atoms with Gasteiger partial charge >= 0.3 is 5.97 Å². The Hall–Kier alpha value is -2.98. The Kier molecular flexibility index (Phi) is 5.77. The van der Waals surface area contributed by atoms with Crippen LogP contribution in [-0.2, 0) is 0 Å². The Balaban J connectivity index is 1.70. The van der Waals surface area contributed by atoms with Crippen molar-refractivity contribution < 1.29 is 14.3 Å². The van der Waals surface area contributed by atoms with E-state index in [0.29, 0.717) is 16.9 Å². The van der Waals surface area contributed by atoms with Gasteiger partial charge in [0.15, 0.2) is 5.78 Å². The van der Waals surface area contributed by atoms with Gasteiger partial charge in [-0.2, -0.15) is 0 Å². The molecule has 0 amide bonds. The van der Waals surface area contributed by atoms with Crippen molar-refractivity contribution >= 4 is 33.8 Å². The van der Waals surface area contributed by atoms with Crippen LogP contribution < -0.4 is 4.74 Å². The van der Waals surface area contributed by atoms with Gasteiger partial charge in [-0.1, -0.05) is 52.3 Å². The van der Waals surface area contributed by atoms with Crippen molar-refractivity contribution in [1.82, 2.24) is 0 Å². The average Bonchev–Trinajstić information content (AvgIpc) is 2.67. The summed E-state index contributed by atoms with van der Waals surface area (Å²) in [6.07, 6.45) is 3.20. The Morgan fingerprint density at radius 3 is 2.27 bits per heavy atom. The van der Waals surface area contributed by atoms with Crippen molar-refractivity contribution in [2.45, 2.75) is 0 Å². The van der Waals surface area contributed by atoms with E-state index in [-0.39, 0.29) is 5.78 Å². The Morgan fingerprint density at radius 2 is 1.54 bits per heavy atom. The van der Waals surface area contributed by atoms with Crippen molar-refractivity contribution in [3.05, 3.63) is 106 Å².